The number of methoxy groups -OCH3 is 3. The molecular formula is C25H32N2O5. The molecule has 1 N–H and O–H groups in total. The zero-order valence-electron chi connectivity index (χ0n) is 19.4. The molecule has 0 aliphatic carbocycles. The molecule has 0 aromatic heterocycles. The van der Waals surface area contributed by atoms with Gasteiger partial charge in [0.05, 0.1) is 21.3 Å². The zero-order chi connectivity index (χ0) is 23.3. The molecule has 0 unspecified atom stereocenters. The Hall–Kier alpha value is -3.22. The molecule has 0 saturated carbocycles. The van der Waals surface area contributed by atoms with E-state index >= 15 is 0 Å². The van der Waals surface area contributed by atoms with E-state index in [2.05, 4.69) is 19.2 Å². The Morgan fingerprint density at radius 1 is 1.03 bits per heavy atom. The van der Waals surface area contributed by atoms with Crippen molar-refractivity contribution in [2.75, 3.05) is 27.9 Å². The summed E-state index contributed by atoms with van der Waals surface area (Å²) >= 11 is 0. The molecule has 7 nitrogen and oxygen atoms in total. The van der Waals surface area contributed by atoms with Crippen molar-refractivity contribution in [2.24, 2.45) is 5.92 Å². The lowest BCUT2D eigenvalue weighted by Crippen LogP contribution is -2.48. The molecule has 1 atom stereocenters. The van der Waals surface area contributed by atoms with Crippen molar-refractivity contribution < 1.29 is 23.8 Å². The summed E-state index contributed by atoms with van der Waals surface area (Å²) in [6.45, 7) is 4.99. The van der Waals surface area contributed by atoms with E-state index in [4.69, 9.17) is 14.2 Å². The lowest BCUT2D eigenvalue weighted by molar-refractivity contribution is -0.126. The number of carbonyl (C=O) groups excluding carboxylic acids is 2. The Morgan fingerprint density at radius 3 is 2.38 bits per heavy atom. The van der Waals surface area contributed by atoms with Gasteiger partial charge in [-0.25, -0.2) is 0 Å². The second-order valence-corrected chi connectivity index (χ2v) is 8.27. The lowest BCUT2D eigenvalue weighted by atomic mass is 10.0. The number of nitrogens with one attached hydrogen (secondary N) is 1. The van der Waals surface area contributed by atoms with E-state index in [1.54, 1.807) is 26.2 Å². The fraction of sp³-hybridized carbons (Fsp3) is 0.440. The fourth-order valence-corrected chi connectivity index (χ4v) is 4.15. The molecule has 172 valence electrons. The molecule has 0 bridgehead atoms. The Morgan fingerprint density at radius 2 is 1.75 bits per heavy atom. The van der Waals surface area contributed by atoms with Gasteiger partial charge in [0.15, 0.2) is 11.5 Å². The summed E-state index contributed by atoms with van der Waals surface area (Å²) in [7, 11) is 4.71. The summed E-state index contributed by atoms with van der Waals surface area (Å²) in [5.74, 6) is 1.75. The normalized spacial score (nSPS) is 13.7. The second-order valence-electron chi connectivity index (χ2n) is 8.27. The number of amides is 2. The minimum absolute atomic E-state index is 0.0806. The van der Waals surface area contributed by atoms with E-state index in [1.807, 2.05) is 36.4 Å². The molecule has 7 heteroatoms. The molecule has 0 radical (unpaired) electrons. The summed E-state index contributed by atoms with van der Waals surface area (Å²) in [5, 5.41) is 3.02. The van der Waals surface area contributed by atoms with Crippen LogP contribution in [-0.2, 0) is 17.8 Å². The van der Waals surface area contributed by atoms with Gasteiger partial charge in [-0.3, -0.25) is 9.59 Å². The Balaban J connectivity index is 1.70. The van der Waals surface area contributed by atoms with Gasteiger partial charge in [-0.2, -0.15) is 0 Å². The number of fused-ring (bicyclic) bond motifs is 1. The maximum atomic E-state index is 13.1. The summed E-state index contributed by atoms with van der Waals surface area (Å²) in [4.78, 5) is 27.8. The first-order chi connectivity index (χ1) is 15.4. The van der Waals surface area contributed by atoms with Crippen molar-refractivity contribution in [3.63, 3.8) is 0 Å². The molecule has 2 amide bonds. The van der Waals surface area contributed by atoms with E-state index in [1.165, 1.54) is 0 Å². The maximum Gasteiger partial charge on any atom is 0.255 e. The molecule has 1 heterocycles. The van der Waals surface area contributed by atoms with E-state index in [0.29, 0.717) is 48.7 Å². The van der Waals surface area contributed by atoms with Gasteiger partial charge in [-0.05, 0) is 36.5 Å². The smallest absolute Gasteiger partial charge is 0.255 e. The molecule has 32 heavy (non-hydrogen) atoms. The van der Waals surface area contributed by atoms with Crippen LogP contribution in [0, 0.1) is 5.92 Å². The van der Waals surface area contributed by atoms with E-state index in [9.17, 15) is 9.59 Å². The van der Waals surface area contributed by atoms with Crippen molar-refractivity contribution in [2.45, 2.75) is 39.3 Å². The van der Waals surface area contributed by atoms with Gasteiger partial charge in [0.2, 0.25) is 11.7 Å². The standard InChI is InChI=1S/C25H32N2O5/c1-16(2)14-20(27-15-18-8-6-7-9-19(18)25(27)29)24(28)26-13-12-17-10-11-21(30-3)23(32-5)22(17)31-4/h6-11,16,20H,12-15H2,1-5H3,(H,26,28)/t20-/m0/s1. The molecule has 0 spiro atoms. The third-order valence-corrected chi connectivity index (χ3v) is 5.70. The SMILES string of the molecule is COc1ccc(CCNC(=O)[C@H](CC(C)C)N2Cc3ccccc3C2=O)c(OC)c1OC. The van der Waals surface area contributed by atoms with Crippen LogP contribution < -0.4 is 19.5 Å². The number of nitrogens with zero attached hydrogens (tertiary/aromatic N) is 1. The van der Waals surface area contributed by atoms with E-state index in [-0.39, 0.29) is 17.7 Å². The number of ether oxygens (including phenoxy) is 3. The zero-order valence-corrected chi connectivity index (χ0v) is 19.4. The molecule has 0 fully saturated rings. The maximum absolute atomic E-state index is 13.1. The Bertz CT molecular complexity index is 973. The molecule has 1 aliphatic heterocycles. The number of hydrogen-bond donors (Lipinski definition) is 1. The first-order valence-electron chi connectivity index (χ1n) is 10.9. The summed E-state index contributed by atoms with van der Waals surface area (Å²) in [5.41, 5.74) is 2.55. The molecular weight excluding hydrogens is 408 g/mol. The third-order valence-electron chi connectivity index (χ3n) is 5.70. The highest BCUT2D eigenvalue weighted by molar-refractivity contribution is 6.01. The van der Waals surface area contributed by atoms with Gasteiger partial charge in [-0.15, -0.1) is 0 Å². The number of rotatable bonds is 10. The third kappa shape index (κ3) is 4.82. The first-order valence-corrected chi connectivity index (χ1v) is 10.9. The van der Waals surface area contributed by atoms with Crippen molar-refractivity contribution in [3.05, 3.63) is 53.1 Å². The number of hydrogen-bond acceptors (Lipinski definition) is 5. The van der Waals surface area contributed by atoms with Crippen LogP contribution in [0.25, 0.3) is 0 Å². The fourth-order valence-electron chi connectivity index (χ4n) is 4.15. The largest absolute Gasteiger partial charge is 0.493 e. The lowest BCUT2D eigenvalue weighted by Gasteiger charge is -2.28. The molecule has 0 saturated heterocycles. The van der Waals surface area contributed by atoms with E-state index < -0.39 is 6.04 Å². The van der Waals surface area contributed by atoms with Gasteiger partial charge in [0, 0.05) is 24.2 Å². The Labute approximate surface area is 189 Å². The monoisotopic (exact) mass is 440 g/mol. The van der Waals surface area contributed by atoms with Gasteiger partial charge in [0.25, 0.3) is 5.91 Å². The highest BCUT2D eigenvalue weighted by atomic mass is 16.5. The molecule has 3 rings (SSSR count). The predicted octanol–water partition coefficient (Wildman–Crippen LogP) is 3.44. The van der Waals surface area contributed by atoms with Crippen LogP contribution in [0.5, 0.6) is 17.2 Å². The van der Waals surface area contributed by atoms with Crippen molar-refractivity contribution in [1.82, 2.24) is 10.2 Å². The van der Waals surface area contributed by atoms with Crippen LogP contribution in [0.15, 0.2) is 36.4 Å². The average Bonchev–Trinajstić information content (AvgIpc) is 3.12. The van der Waals surface area contributed by atoms with Gasteiger partial charge < -0.3 is 24.4 Å². The van der Waals surface area contributed by atoms with Crippen molar-refractivity contribution in [3.8, 4) is 17.2 Å². The van der Waals surface area contributed by atoms with Crippen LogP contribution in [0.1, 0.15) is 41.8 Å². The van der Waals surface area contributed by atoms with Crippen LogP contribution in [0.4, 0.5) is 0 Å². The van der Waals surface area contributed by atoms with Gasteiger partial charge >= 0.3 is 0 Å². The number of benzene rings is 2. The van der Waals surface area contributed by atoms with Crippen molar-refractivity contribution >= 4 is 11.8 Å². The van der Waals surface area contributed by atoms with Crippen LogP contribution in [0.3, 0.4) is 0 Å². The summed E-state index contributed by atoms with van der Waals surface area (Å²) in [6, 6.07) is 10.8. The highest BCUT2D eigenvalue weighted by Gasteiger charge is 2.36. The van der Waals surface area contributed by atoms with Crippen LogP contribution in [0.2, 0.25) is 0 Å². The summed E-state index contributed by atoms with van der Waals surface area (Å²) in [6.07, 6.45) is 1.16. The number of carbonyl (C=O) groups is 2. The average molecular weight is 441 g/mol. The topological polar surface area (TPSA) is 77.1 Å². The Kier molecular flexibility index (Phi) is 7.62. The minimum atomic E-state index is -0.512. The second kappa shape index (κ2) is 10.4. The quantitative estimate of drug-likeness (QED) is 0.612. The minimum Gasteiger partial charge on any atom is -0.493 e. The van der Waals surface area contributed by atoms with Gasteiger partial charge in [0.1, 0.15) is 6.04 Å². The summed E-state index contributed by atoms with van der Waals surface area (Å²) < 4.78 is 16.3. The highest BCUT2D eigenvalue weighted by Crippen LogP contribution is 2.39. The van der Waals surface area contributed by atoms with Crippen LogP contribution >= 0.6 is 0 Å². The molecule has 1 aliphatic rings. The van der Waals surface area contributed by atoms with Crippen molar-refractivity contribution in [1.29, 1.82) is 0 Å². The predicted molar refractivity (Wildman–Crippen MR) is 122 cm³/mol. The molecule has 2 aromatic rings. The van der Waals surface area contributed by atoms with E-state index in [0.717, 1.165) is 11.1 Å². The van der Waals surface area contributed by atoms with Crippen LogP contribution in [-0.4, -0.2) is 50.6 Å². The van der Waals surface area contributed by atoms with Gasteiger partial charge in [-0.1, -0.05) is 38.1 Å². The first kappa shape index (κ1) is 23.4. The molecule has 2 aromatic carbocycles.